The molecule has 1 aromatic carbocycles. The molecule has 4 heteroatoms. The van der Waals surface area contributed by atoms with Gasteiger partial charge in [0.1, 0.15) is 0 Å². The van der Waals surface area contributed by atoms with E-state index < -0.39 is 0 Å². The summed E-state index contributed by atoms with van der Waals surface area (Å²) < 4.78 is 6.62. The molecular weight excluding hydrogens is 192 g/mol. The summed E-state index contributed by atoms with van der Waals surface area (Å²) in [6.45, 7) is 2.41. The second kappa shape index (κ2) is 3.65. The Bertz CT molecular complexity index is 563. The number of hydrogen-bond donors (Lipinski definition) is 1. The summed E-state index contributed by atoms with van der Waals surface area (Å²) in [5.41, 5.74) is 7.58. The van der Waals surface area contributed by atoms with E-state index in [0.29, 0.717) is 17.8 Å². The Morgan fingerprint density at radius 1 is 1.53 bits per heavy atom. The molecule has 0 radical (unpaired) electrons. The lowest BCUT2D eigenvalue weighted by atomic mass is 10.3. The van der Waals surface area contributed by atoms with Crippen molar-refractivity contribution >= 4 is 16.8 Å². The smallest absolute Gasteiger partial charge is 0.408 e. The molecule has 0 aliphatic rings. The van der Waals surface area contributed by atoms with Gasteiger partial charge in [-0.2, -0.15) is 0 Å². The van der Waals surface area contributed by atoms with Crippen LogP contribution < -0.4 is 11.5 Å². The van der Waals surface area contributed by atoms with Crippen LogP contribution in [0.5, 0.6) is 0 Å². The minimum Gasteiger partial charge on any atom is -0.408 e. The van der Waals surface area contributed by atoms with Crippen LogP contribution in [0.4, 0.5) is 5.69 Å². The fourth-order valence-corrected chi connectivity index (χ4v) is 1.46. The Hall–Kier alpha value is -1.97. The molecule has 0 aliphatic heterocycles. The van der Waals surface area contributed by atoms with Gasteiger partial charge in [0.25, 0.3) is 0 Å². The number of nitrogens with two attached hydrogens (primary N) is 1. The third-order valence-corrected chi connectivity index (χ3v) is 2.22. The third kappa shape index (κ3) is 1.66. The molecule has 2 aromatic rings. The average molecular weight is 204 g/mol. The maximum Gasteiger partial charge on any atom is 0.420 e. The predicted octanol–water partition coefficient (Wildman–Crippen LogP) is 1.75. The zero-order valence-electron chi connectivity index (χ0n) is 8.43. The number of allylic oxidation sites excluding steroid dienone is 2. The number of nitrogens with zero attached hydrogens (tertiary/aromatic N) is 1. The molecule has 1 heterocycles. The number of hydrogen-bond acceptors (Lipinski definition) is 3. The molecule has 15 heavy (non-hydrogen) atoms. The van der Waals surface area contributed by atoms with Gasteiger partial charge in [-0.05, 0) is 25.1 Å². The van der Waals surface area contributed by atoms with Gasteiger partial charge >= 0.3 is 5.76 Å². The summed E-state index contributed by atoms with van der Waals surface area (Å²) in [5.74, 6) is -0.353. The largest absolute Gasteiger partial charge is 0.420 e. The number of fused-ring (bicyclic) bond motifs is 1. The van der Waals surface area contributed by atoms with Gasteiger partial charge < -0.3 is 10.2 Å². The second-order valence-corrected chi connectivity index (χ2v) is 3.27. The number of nitrogen functional groups attached to an aromatic ring is 1. The number of aromatic nitrogens is 1. The van der Waals surface area contributed by atoms with Crippen LogP contribution >= 0.6 is 0 Å². The first-order valence-corrected chi connectivity index (χ1v) is 4.72. The molecule has 0 spiro atoms. The van der Waals surface area contributed by atoms with Gasteiger partial charge in [0.05, 0.1) is 5.52 Å². The van der Waals surface area contributed by atoms with Crippen LogP contribution in [-0.4, -0.2) is 4.57 Å². The fraction of sp³-hybridized carbons (Fsp3) is 0.182. The molecular formula is C11H12N2O2. The van der Waals surface area contributed by atoms with Crippen molar-refractivity contribution in [2.75, 3.05) is 5.73 Å². The van der Waals surface area contributed by atoms with Crippen molar-refractivity contribution in [1.29, 1.82) is 0 Å². The van der Waals surface area contributed by atoms with Crippen molar-refractivity contribution < 1.29 is 4.42 Å². The molecule has 2 rings (SSSR count). The highest BCUT2D eigenvalue weighted by atomic mass is 16.4. The van der Waals surface area contributed by atoms with Gasteiger partial charge in [0.2, 0.25) is 0 Å². The molecule has 1 aromatic heterocycles. The Kier molecular flexibility index (Phi) is 2.33. The van der Waals surface area contributed by atoms with E-state index in [9.17, 15) is 4.79 Å². The highest BCUT2D eigenvalue weighted by Crippen LogP contribution is 2.16. The first-order chi connectivity index (χ1) is 7.22. The lowest BCUT2D eigenvalue weighted by Crippen LogP contribution is -2.12. The average Bonchev–Trinajstić information content (AvgIpc) is 2.51. The van der Waals surface area contributed by atoms with E-state index in [4.69, 9.17) is 10.2 Å². The van der Waals surface area contributed by atoms with Crippen molar-refractivity contribution in [2.24, 2.45) is 0 Å². The first kappa shape index (κ1) is 9.58. The van der Waals surface area contributed by atoms with E-state index in [2.05, 4.69) is 0 Å². The van der Waals surface area contributed by atoms with Crippen LogP contribution in [0.3, 0.4) is 0 Å². The van der Waals surface area contributed by atoms with E-state index in [-0.39, 0.29) is 5.76 Å². The minimum atomic E-state index is -0.353. The number of anilines is 1. The quantitative estimate of drug-likeness (QED) is 0.598. The molecule has 0 aliphatic carbocycles. The molecule has 78 valence electrons. The van der Waals surface area contributed by atoms with E-state index >= 15 is 0 Å². The summed E-state index contributed by atoms with van der Waals surface area (Å²) in [6, 6.07) is 5.16. The number of rotatable bonds is 2. The lowest BCUT2D eigenvalue weighted by Gasteiger charge is -1.97. The molecule has 0 bridgehead atoms. The van der Waals surface area contributed by atoms with Crippen molar-refractivity contribution in [1.82, 2.24) is 4.57 Å². The highest BCUT2D eigenvalue weighted by Gasteiger charge is 2.07. The van der Waals surface area contributed by atoms with Gasteiger partial charge in [-0.3, -0.25) is 4.57 Å². The lowest BCUT2D eigenvalue weighted by molar-refractivity contribution is 0.519. The van der Waals surface area contributed by atoms with Crippen LogP contribution in [0.15, 0.2) is 39.6 Å². The van der Waals surface area contributed by atoms with E-state index in [1.54, 1.807) is 22.8 Å². The second-order valence-electron chi connectivity index (χ2n) is 3.27. The standard InChI is InChI=1S/C11H12N2O2/c1-2-3-6-13-9-7-8(12)4-5-10(9)15-11(13)14/h2-5,7H,6,12H2,1H3/b3-2+. The summed E-state index contributed by atoms with van der Waals surface area (Å²) in [5, 5.41) is 0. The van der Waals surface area contributed by atoms with Crippen molar-refractivity contribution in [3.8, 4) is 0 Å². The van der Waals surface area contributed by atoms with Crippen molar-refractivity contribution in [3.63, 3.8) is 0 Å². The van der Waals surface area contributed by atoms with Crippen LogP contribution in [0.25, 0.3) is 11.1 Å². The summed E-state index contributed by atoms with van der Waals surface area (Å²) in [6.07, 6.45) is 3.77. The van der Waals surface area contributed by atoms with Gasteiger partial charge in [0, 0.05) is 12.2 Å². The van der Waals surface area contributed by atoms with Crippen molar-refractivity contribution in [3.05, 3.63) is 40.9 Å². The molecule has 0 fully saturated rings. The summed E-state index contributed by atoms with van der Waals surface area (Å²) in [7, 11) is 0. The van der Waals surface area contributed by atoms with Crippen LogP contribution in [0.1, 0.15) is 6.92 Å². The molecule has 0 saturated heterocycles. The molecule has 0 atom stereocenters. The Morgan fingerprint density at radius 2 is 2.33 bits per heavy atom. The summed E-state index contributed by atoms with van der Waals surface area (Å²) in [4.78, 5) is 11.5. The number of benzene rings is 1. The minimum absolute atomic E-state index is 0.353. The van der Waals surface area contributed by atoms with Gasteiger partial charge in [-0.15, -0.1) is 0 Å². The van der Waals surface area contributed by atoms with Gasteiger partial charge in [-0.25, -0.2) is 4.79 Å². The molecule has 4 nitrogen and oxygen atoms in total. The number of oxazole rings is 1. The van der Waals surface area contributed by atoms with Crippen LogP contribution in [0.2, 0.25) is 0 Å². The maximum absolute atomic E-state index is 11.5. The van der Waals surface area contributed by atoms with E-state index in [1.807, 2.05) is 19.1 Å². The van der Waals surface area contributed by atoms with Gasteiger partial charge in [-0.1, -0.05) is 12.2 Å². The zero-order chi connectivity index (χ0) is 10.8. The molecule has 0 amide bonds. The Balaban J connectivity index is 2.65. The van der Waals surface area contributed by atoms with Gasteiger partial charge in [0.15, 0.2) is 5.58 Å². The van der Waals surface area contributed by atoms with E-state index in [1.165, 1.54) is 0 Å². The molecule has 0 unspecified atom stereocenters. The fourth-order valence-electron chi connectivity index (χ4n) is 1.46. The van der Waals surface area contributed by atoms with Crippen LogP contribution in [-0.2, 0) is 6.54 Å². The highest BCUT2D eigenvalue weighted by molar-refractivity contribution is 5.76. The zero-order valence-corrected chi connectivity index (χ0v) is 8.43. The van der Waals surface area contributed by atoms with Crippen molar-refractivity contribution in [2.45, 2.75) is 13.5 Å². The molecule has 0 saturated carbocycles. The van der Waals surface area contributed by atoms with E-state index in [0.717, 1.165) is 5.52 Å². The maximum atomic E-state index is 11.5. The third-order valence-electron chi connectivity index (χ3n) is 2.22. The summed E-state index contributed by atoms with van der Waals surface area (Å²) >= 11 is 0. The topological polar surface area (TPSA) is 61.2 Å². The first-order valence-electron chi connectivity index (χ1n) is 4.72. The van der Waals surface area contributed by atoms with Crippen LogP contribution in [0, 0.1) is 0 Å². The normalized spacial score (nSPS) is 11.5. The SMILES string of the molecule is C/C=C/Cn1c(=O)oc2ccc(N)cc21. The monoisotopic (exact) mass is 204 g/mol. The predicted molar refractivity (Wildman–Crippen MR) is 59.7 cm³/mol. The Morgan fingerprint density at radius 3 is 3.07 bits per heavy atom. The Labute approximate surface area is 86.6 Å². The molecule has 2 N–H and O–H groups in total.